The number of halogens is 1. The van der Waals surface area contributed by atoms with Crippen LogP contribution in [0.5, 0.6) is 0 Å². The van der Waals surface area contributed by atoms with E-state index in [0.717, 1.165) is 21.9 Å². The number of aryl methyl sites for hydroxylation is 2. The maximum atomic E-state index is 13.1. The molecular formula is C15H16FN5O2S. The van der Waals surface area contributed by atoms with E-state index in [1.807, 2.05) is 19.9 Å². The molecule has 0 bridgehead atoms. The van der Waals surface area contributed by atoms with E-state index >= 15 is 0 Å². The first kappa shape index (κ1) is 16.3. The van der Waals surface area contributed by atoms with Crippen LogP contribution in [0.4, 0.5) is 10.1 Å². The number of aromatic nitrogens is 4. The number of hydrogen-bond donors (Lipinski definition) is 0. The summed E-state index contributed by atoms with van der Waals surface area (Å²) in [5.74, 6) is 0.286. The highest BCUT2D eigenvalue weighted by molar-refractivity contribution is 7.92. The van der Waals surface area contributed by atoms with E-state index in [2.05, 4.69) is 15.1 Å². The Morgan fingerprint density at radius 2 is 1.83 bits per heavy atom. The van der Waals surface area contributed by atoms with Crippen molar-refractivity contribution in [2.24, 2.45) is 0 Å². The molecule has 0 fully saturated rings. The van der Waals surface area contributed by atoms with Crippen molar-refractivity contribution in [3.63, 3.8) is 0 Å². The maximum absolute atomic E-state index is 13.1. The lowest BCUT2D eigenvalue weighted by atomic mass is 10.3. The summed E-state index contributed by atoms with van der Waals surface area (Å²) < 4.78 is 40.0. The van der Waals surface area contributed by atoms with Gasteiger partial charge in [-0.3, -0.25) is 4.31 Å². The first-order valence-corrected chi connectivity index (χ1v) is 9.02. The molecule has 0 radical (unpaired) electrons. The molecule has 2 aromatic heterocycles. The minimum Gasteiger partial charge on any atom is -0.263 e. The fraction of sp³-hybridized carbons (Fsp3) is 0.267. The molecule has 3 rings (SSSR count). The molecule has 0 unspecified atom stereocenters. The zero-order valence-corrected chi connectivity index (χ0v) is 14.2. The molecule has 0 amide bonds. The minimum atomic E-state index is -3.58. The molecule has 0 aliphatic heterocycles. The topological polar surface area (TPSA) is 80.5 Å². The highest BCUT2D eigenvalue weighted by atomic mass is 32.2. The predicted molar refractivity (Wildman–Crippen MR) is 87.7 cm³/mol. The second kappa shape index (κ2) is 5.82. The highest BCUT2D eigenvalue weighted by Crippen LogP contribution is 2.20. The number of rotatable bonds is 4. The molecule has 0 N–H and O–H groups in total. The van der Waals surface area contributed by atoms with E-state index in [1.165, 1.54) is 24.3 Å². The van der Waals surface area contributed by atoms with Crippen molar-refractivity contribution in [1.82, 2.24) is 19.6 Å². The molecule has 0 aliphatic carbocycles. The van der Waals surface area contributed by atoms with Crippen LogP contribution in [0.15, 0.2) is 30.3 Å². The normalized spacial score (nSPS) is 11.8. The van der Waals surface area contributed by atoms with Crippen molar-refractivity contribution in [3.05, 3.63) is 53.4 Å². The molecule has 126 valence electrons. The fourth-order valence-corrected chi connectivity index (χ4v) is 3.27. The zero-order valence-electron chi connectivity index (χ0n) is 13.4. The monoisotopic (exact) mass is 349 g/mol. The first-order chi connectivity index (χ1) is 11.2. The van der Waals surface area contributed by atoms with Crippen molar-refractivity contribution in [2.75, 3.05) is 10.6 Å². The van der Waals surface area contributed by atoms with Gasteiger partial charge >= 0.3 is 0 Å². The molecule has 0 atom stereocenters. The summed E-state index contributed by atoms with van der Waals surface area (Å²) in [6, 6.07) is 7.08. The second-order valence-corrected chi connectivity index (χ2v) is 7.43. The van der Waals surface area contributed by atoms with Crippen molar-refractivity contribution >= 4 is 21.5 Å². The Kier molecular flexibility index (Phi) is 3.96. The molecule has 2 heterocycles. The van der Waals surface area contributed by atoms with Crippen LogP contribution in [0.3, 0.4) is 0 Å². The molecule has 0 aliphatic rings. The van der Waals surface area contributed by atoms with Crippen LogP contribution in [0.25, 0.3) is 5.78 Å². The third kappa shape index (κ3) is 3.21. The van der Waals surface area contributed by atoms with Crippen LogP contribution in [0, 0.1) is 19.7 Å². The first-order valence-electron chi connectivity index (χ1n) is 7.17. The van der Waals surface area contributed by atoms with E-state index in [-0.39, 0.29) is 6.54 Å². The Hall–Kier alpha value is -2.55. The van der Waals surface area contributed by atoms with Crippen molar-refractivity contribution < 1.29 is 12.8 Å². The van der Waals surface area contributed by atoms with Crippen molar-refractivity contribution in [1.29, 1.82) is 0 Å². The summed E-state index contributed by atoms with van der Waals surface area (Å²) in [5, 5.41) is 4.31. The van der Waals surface area contributed by atoms with Gasteiger partial charge in [-0.05, 0) is 44.2 Å². The zero-order chi connectivity index (χ0) is 17.5. The third-order valence-electron chi connectivity index (χ3n) is 3.46. The van der Waals surface area contributed by atoms with Gasteiger partial charge in [-0.25, -0.2) is 22.3 Å². The number of benzene rings is 1. The maximum Gasteiger partial charge on any atom is 0.252 e. The van der Waals surface area contributed by atoms with E-state index in [4.69, 9.17) is 0 Å². The summed E-state index contributed by atoms with van der Waals surface area (Å²) in [7, 11) is -3.58. The smallest absolute Gasteiger partial charge is 0.252 e. The lowest BCUT2D eigenvalue weighted by molar-refractivity contribution is 0.594. The molecule has 0 saturated heterocycles. The van der Waals surface area contributed by atoms with Crippen LogP contribution >= 0.6 is 0 Å². The Balaban J connectivity index is 2.02. The average molecular weight is 349 g/mol. The summed E-state index contributed by atoms with van der Waals surface area (Å²) in [4.78, 5) is 8.57. The predicted octanol–water partition coefficient (Wildman–Crippen LogP) is 1.85. The number of sulfonamides is 1. The summed E-state index contributed by atoms with van der Waals surface area (Å²) in [6.45, 7) is 3.66. The van der Waals surface area contributed by atoms with Crippen LogP contribution in [0.2, 0.25) is 0 Å². The number of nitrogens with zero attached hydrogens (tertiary/aromatic N) is 5. The lowest BCUT2D eigenvalue weighted by Gasteiger charge is -2.20. The van der Waals surface area contributed by atoms with Crippen LogP contribution in [-0.4, -0.2) is 34.3 Å². The van der Waals surface area contributed by atoms with E-state index in [1.54, 1.807) is 4.52 Å². The molecular weight excluding hydrogens is 333 g/mol. The van der Waals surface area contributed by atoms with Gasteiger partial charge in [-0.1, -0.05) is 0 Å². The number of hydrogen-bond acceptors (Lipinski definition) is 5. The van der Waals surface area contributed by atoms with Gasteiger partial charge in [0, 0.05) is 11.4 Å². The van der Waals surface area contributed by atoms with Gasteiger partial charge in [0.2, 0.25) is 10.0 Å². The molecule has 0 spiro atoms. The Morgan fingerprint density at radius 1 is 1.17 bits per heavy atom. The van der Waals surface area contributed by atoms with Crippen LogP contribution < -0.4 is 4.31 Å². The highest BCUT2D eigenvalue weighted by Gasteiger charge is 2.20. The Labute approximate surface area is 138 Å². The number of fused-ring (bicyclic) bond motifs is 1. The van der Waals surface area contributed by atoms with Gasteiger partial charge in [0.25, 0.3) is 5.78 Å². The van der Waals surface area contributed by atoms with Gasteiger partial charge in [0.05, 0.1) is 18.5 Å². The van der Waals surface area contributed by atoms with Gasteiger partial charge in [-0.2, -0.15) is 4.98 Å². The second-order valence-electron chi connectivity index (χ2n) is 5.52. The molecule has 1 aromatic carbocycles. The number of anilines is 1. The SMILES string of the molecule is Cc1cc(C)n2nc(CN(c3ccc(F)cc3)S(C)(=O)=O)nc2n1. The molecule has 3 aromatic rings. The standard InChI is InChI=1S/C15H16FN5O2S/c1-10-8-11(2)21-15(17-10)18-14(19-21)9-20(24(3,22)23)13-6-4-12(16)5-7-13/h4-8H,9H2,1-3H3. The lowest BCUT2D eigenvalue weighted by Crippen LogP contribution is -2.29. The van der Waals surface area contributed by atoms with Crippen LogP contribution in [-0.2, 0) is 16.6 Å². The van der Waals surface area contributed by atoms with E-state index < -0.39 is 15.8 Å². The van der Waals surface area contributed by atoms with Crippen LogP contribution in [0.1, 0.15) is 17.2 Å². The van der Waals surface area contributed by atoms with Crippen molar-refractivity contribution in [3.8, 4) is 0 Å². The van der Waals surface area contributed by atoms with Gasteiger partial charge in [-0.15, -0.1) is 5.10 Å². The molecule has 7 nitrogen and oxygen atoms in total. The quantitative estimate of drug-likeness (QED) is 0.718. The Bertz CT molecular complexity index is 999. The van der Waals surface area contributed by atoms with Gasteiger partial charge in [0.15, 0.2) is 5.82 Å². The summed E-state index contributed by atoms with van der Waals surface area (Å²) in [5.41, 5.74) is 2.00. The Morgan fingerprint density at radius 3 is 2.46 bits per heavy atom. The molecule has 9 heteroatoms. The third-order valence-corrected chi connectivity index (χ3v) is 4.60. The van der Waals surface area contributed by atoms with Crippen molar-refractivity contribution in [2.45, 2.75) is 20.4 Å². The molecule has 0 saturated carbocycles. The van der Waals surface area contributed by atoms with Gasteiger partial charge < -0.3 is 0 Å². The van der Waals surface area contributed by atoms with E-state index in [9.17, 15) is 12.8 Å². The minimum absolute atomic E-state index is 0.0632. The summed E-state index contributed by atoms with van der Waals surface area (Å²) in [6.07, 6.45) is 1.08. The summed E-state index contributed by atoms with van der Waals surface area (Å²) >= 11 is 0. The van der Waals surface area contributed by atoms with E-state index in [0.29, 0.717) is 17.3 Å². The fourth-order valence-electron chi connectivity index (χ4n) is 2.41. The van der Waals surface area contributed by atoms with Gasteiger partial charge in [0.1, 0.15) is 5.82 Å². The average Bonchev–Trinajstić information content (AvgIpc) is 2.88. The largest absolute Gasteiger partial charge is 0.263 e. The molecule has 24 heavy (non-hydrogen) atoms.